The average molecular weight is 656 g/mol. The van der Waals surface area contributed by atoms with Crippen molar-refractivity contribution in [2.45, 2.75) is 25.8 Å². The molecule has 0 aliphatic heterocycles. The first kappa shape index (κ1) is 34.8. The number of methoxy groups -OCH3 is 3. The van der Waals surface area contributed by atoms with E-state index in [4.69, 9.17) is 14.2 Å². The maximum atomic E-state index is 13.3. The Morgan fingerprint density at radius 2 is 1.52 bits per heavy atom. The molecule has 4 aromatic rings. The number of aromatic nitrogens is 1. The Kier molecular flexibility index (Phi) is 11.5. The van der Waals surface area contributed by atoms with Crippen molar-refractivity contribution in [3.8, 4) is 17.2 Å². The molecular weight excluding hydrogens is 618 g/mol. The number of urea groups is 1. The minimum Gasteiger partial charge on any atom is -0.495 e. The number of benzene rings is 3. The summed E-state index contributed by atoms with van der Waals surface area (Å²) in [5.74, 6) is -0.712. The van der Waals surface area contributed by atoms with Gasteiger partial charge in [-0.15, -0.1) is 0 Å². The third kappa shape index (κ3) is 8.78. The number of carboxylic acids is 1. The van der Waals surface area contributed by atoms with Crippen molar-refractivity contribution >= 4 is 40.9 Å². The molecule has 1 aromatic heterocycles. The Morgan fingerprint density at radius 1 is 0.812 bits per heavy atom. The number of amides is 4. The zero-order valence-electron chi connectivity index (χ0n) is 27.2. The lowest BCUT2D eigenvalue weighted by atomic mass is 10.1. The lowest BCUT2D eigenvalue weighted by Gasteiger charge is -2.27. The van der Waals surface area contributed by atoms with Crippen molar-refractivity contribution in [1.29, 1.82) is 0 Å². The highest BCUT2D eigenvalue weighted by Gasteiger charge is 2.27. The Hall–Kier alpha value is -6.11. The van der Waals surface area contributed by atoms with Gasteiger partial charge in [0, 0.05) is 18.3 Å². The van der Waals surface area contributed by atoms with Crippen molar-refractivity contribution in [2.24, 2.45) is 0 Å². The minimum absolute atomic E-state index is 0.00198. The van der Waals surface area contributed by atoms with E-state index in [0.29, 0.717) is 45.6 Å². The molecule has 0 saturated carbocycles. The first-order valence-electron chi connectivity index (χ1n) is 14.8. The molecule has 1 atom stereocenters. The molecule has 250 valence electrons. The van der Waals surface area contributed by atoms with Crippen molar-refractivity contribution in [3.05, 3.63) is 101 Å². The molecule has 0 saturated heterocycles. The van der Waals surface area contributed by atoms with E-state index in [1.165, 1.54) is 45.5 Å². The van der Waals surface area contributed by atoms with Crippen LogP contribution in [-0.4, -0.2) is 67.2 Å². The molecule has 13 nitrogen and oxygen atoms in total. The molecule has 1 heterocycles. The summed E-state index contributed by atoms with van der Waals surface area (Å²) in [4.78, 5) is 56.2. The van der Waals surface area contributed by atoms with Crippen LogP contribution in [0, 0.1) is 6.92 Å². The van der Waals surface area contributed by atoms with Gasteiger partial charge in [0.25, 0.3) is 5.91 Å². The number of carboxylic acid groups (broad SMARTS) is 1. The van der Waals surface area contributed by atoms with Crippen LogP contribution in [0.5, 0.6) is 17.2 Å². The van der Waals surface area contributed by atoms with E-state index in [9.17, 15) is 24.3 Å². The highest BCUT2D eigenvalue weighted by atomic mass is 16.5. The van der Waals surface area contributed by atoms with Crippen LogP contribution in [0.2, 0.25) is 0 Å². The van der Waals surface area contributed by atoms with Crippen LogP contribution < -0.4 is 30.2 Å². The minimum atomic E-state index is -1.12. The Labute approximate surface area is 277 Å². The van der Waals surface area contributed by atoms with Gasteiger partial charge in [-0.2, -0.15) is 0 Å². The molecule has 0 radical (unpaired) electrons. The number of nitrogens with zero attached hydrogens (tertiary/aromatic N) is 2. The van der Waals surface area contributed by atoms with Gasteiger partial charge in [-0.25, -0.2) is 4.79 Å². The molecule has 13 heteroatoms. The SMILES string of the molecule is COc1cc(CC(=O)Nc2ccc(C(CC(=O)O)N(C)C(=O)c3ccc(OC)c(OC)c3)nc2)ccc1NC(=O)Nc1ccccc1C. The van der Waals surface area contributed by atoms with Gasteiger partial charge in [-0.3, -0.25) is 19.4 Å². The molecule has 3 aromatic carbocycles. The zero-order chi connectivity index (χ0) is 34.8. The molecule has 4 N–H and O–H groups in total. The lowest BCUT2D eigenvalue weighted by molar-refractivity contribution is -0.138. The number of ether oxygens (including phenoxy) is 3. The molecule has 0 aliphatic carbocycles. The van der Waals surface area contributed by atoms with Crippen molar-refractivity contribution in [3.63, 3.8) is 0 Å². The Balaban J connectivity index is 1.41. The number of rotatable bonds is 13. The number of anilines is 3. The number of aryl methyl sites for hydroxylation is 1. The summed E-state index contributed by atoms with van der Waals surface area (Å²) in [7, 11) is 5.90. The summed E-state index contributed by atoms with van der Waals surface area (Å²) in [6, 6.07) is 18.9. The lowest BCUT2D eigenvalue weighted by Crippen LogP contribution is -2.33. The molecular formula is C35H37N5O8. The second kappa shape index (κ2) is 15.9. The van der Waals surface area contributed by atoms with Crippen LogP contribution in [0.25, 0.3) is 0 Å². The van der Waals surface area contributed by atoms with Gasteiger partial charge in [-0.1, -0.05) is 24.3 Å². The van der Waals surface area contributed by atoms with Crippen LogP contribution in [0.1, 0.15) is 39.6 Å². The summed E-state index contributed by atoms with van der Waals surface area (Å²) in [6.07, 6.45) is 1.00. The van der Waals surface area contributed by atoms with Gasteiger partial charge in [0.2, 0.25) is 5.91 Å². The maximum absolute atomic E-state index is 13.3. The topological polar surface area (TPSA) is 168 Å². The highest BCUT2D eigenvalue weighted by molar-refractivity contribution is 6.01. The summed E-state index contributed by atoms with van der Waals surface area (Å²) in [5, 5.41) is 17.9. The third-order valence-corrected chi connectivity index (χ3v) is 7.47. The van der Waals surface area contributed by atoms with Gasteiger partial charge < -0.3 is 40.2 Å². The number of hydrogen-bond acceptors (Lipinski definition) is 8. The van der Waals surface area contributed by atoms with Gasteiger partial charge in [0.15, 0.2) is 11.5 Å². The summed E-state index contributed by atoms with van der Waals surface area (Å²) < 4.78 is 16.0. The second-order valence-corrected chi connectivity index (χ2v) is 10.7. The number of carbonyl (C=O) groups excluding carboxylic acids is 3. The Morgan fingerprint density at radius 3 is 2.17 bits per heavy atom. The van der Waals surface area contributed by atoms with Crippen LogP contribution in [-0.2, 0) is 16.0 Å². The van der Waals surface area contributed by atoms with Gasteiger partial charge >= 0.3 is 12.0 Å². The first-order chi connectivity index (χ1) is 23.0. The molecule has 4 amide bonds. The summed E-state index contributed by atoms with van der Waals surface area (Å²) in [6.45, 7) is 1.89. The fourth-order valence-electron chi connectivity index (χ4n) is 4.92. The number of nitrogens with one attached hydrogen (secondary N) is 3. The molecule has 0 fully saturated rings. The van der Waals surface area contributed by atoms with E-state index in [1.807, 2.05) is 25.1 Å². The standard InChI is InChI=1S/C35H37N5O8/c1-21-8-6-7-9-25(21)38-35(45)39-27-13-10-22(16-30(27)47-4)17-32(41)37-24-12-14-26(36-20-24)28(19-33(42)43)40(2)34(44)23-11-15-29(46-3)31(18-23)48-5/h6-16,18,20,28H,17,19H2,1-5H3,(H,37,41)(H,42,43)(H2,38,39,45). The average Bonchev–Trinajstić information content (AvgIpc) is 3.08. The first-order valence-corrected chi connectivity index (χ1v) is 14.8. The van der Waals surface area contributed by atoms with Crippen LogP contribution in [0.3, 0.4) is 0 Å². The van der Waals surface area contributed by atoms with Crippen molar-refractivity contribution < 1.29 is 38.5 Å². The van der Waals surface area contributed by atoms with Crippen LogP contribution in [0.4, 0.5) is 21.9 Å². The number of para-hydroxylation sites is 1. The van der Waals surface area contributed by atoms with E-state index >= 15 is 0 Å². The highest BCUT2D eigenvalue weighted by Crippen LogP contribution is 2.31. The summed E-state index contributed by atoms with van der Waals surface area (Å²) >= 11 is 0. The van der Waals surface area contributed by atoms with E-state index in [1.54, 1.807) is 48.5 Å². The smallest absolute Gasteiger partial charge is 0.323 e. The maximum Gasteiger partial charge on any atom is 0.323 e. The summed E-state index contributed by atoms with van der Waals surface area (Å²) in [5.41, 5.74) is 3.64. The van der Waals surface area contributed by atoms with E-state index in [2.05, 4.69) is 20.9 Å². The van der Waals surface area contributed by atoms with Crippen LogP contribution >= 0.6 is 0 Å². The van der Waals surface area contributed by atoms with Crippen LogP contribution in [0.15, 0.2) is 79.0 Å². The molecule has 0 aliphatic rings. The fourth-order valence-corrected chi connectivity index (χ4v) is 4.92. The van der Waals surface area contributed by atoms with Gasteiger partial charge in [0.05, 0.1) is 63.5 Å². The van der Waals surface area contributed by atoms with Gasteiger partial charge in [-0.05, 0) is 66.6 Å². The molecule has 0 bridgehead atoms. The predicted molar refractivity (Wildman–Crippen MR) is 180 cm³/mol. The van der Waals surface area contributed by atoms with Crippen molar-refractivity contribution in [1.82, 2.24) is 9.88 Å². The number of hydrogen-bond donors (Lipinski definition) is 4. The largest absolute Gasteiger partial charge is 0.495 e. The van der Waals surface area contributed by atoms with E-state index in [0.717, 1.165) is 5.56 Å². The monoisotopic (exact) mass is 655 g/mol. The van der Waals surface area contributed by atoms with Crippen molar-refractivity contribution in [2.75, 3.05) is 44.3 Å². The zero-order valence-corrected chi connectivity index (χ0v) is 27.2. The van der Waals surface area contributed by atoms with E-state index < -0.39 is 30.4 Å². The predicted octanol–water partition coefficient (Wildman–Crippen LogP) is 5.53. The normalized spacial score (nSPS) is 11.1. The fraction of sp³-hybridized carbons (Fsp3) is 0.229. The Bertz CT molecular complexity index is 1790. The second-order valence-electron chi connectivity index (χ2n) is 10.7. The van der Waals surface area contributed by atoms with Gasteiger partial charge in [0.1, 0.15) is 5.75 Å². The third-order valence-electron chi connectivity index (χ3n) is 7.47. The molecule has 0 spiro atoms. The molecule has 4 rings (SSSR count). The number of pyridine rings is 1. The number of carbonyl (C=O) groups is 4. The molecule has 1 unspecified atom stereocenters. The quantitative estimate of drug-likeness (QED) is 0.145. The molecule has 48 heavy (non-hydrogen) atoms. The number of aliphatic carboxylic acids is 1. The van der Waals surface area contributed by atoms with E-state index in [-0.39, 0.29) is 17.9 Å².